The second-order valence-electron chi connectivity index (χ2n) is 4.48. The van der Waals surface area contributed by atoms with E-state index < -0.39 is 0 Å². The second-order valence-corrected chi connectivity index (χ2v) is 5.27. The first-order valence-electron chi connectivity index (χ1n) is 5.52. The lowest BCUT2D eigenvalue weighted by Crippen LogP contribution is -2.24. The first-order chi connectivity index (χ1) is 7.96. The van der Waals surface area contributed by atoms with Gasteiger partial charge in [0.1, 0.15) is 5.82 Å². The summed E-state index contributed by atoms with van der Waals surface area (Å²) in [6.07, 6.45) is 0.802. The molecule has 0 atom stereocenters. The predicted octanol–water partition coefficient (Wildman–Crippen LogP) is 3.92. The number of methoxy groups -OCH3 is 1. The summed E-state index contributed by atoms with van der Waals surface area (Å²) in [7, 11) is 1.68. The van der Waals surface area contributed by atoms with Gasteiger partial charge < -0.3 is 9.47 Å². The van der Waals surface area contributed by atoms with E-state index in [1.54, 1.807) is 13.2 Å². The van der Waals surface area contributed by atoms with Crippen LogP contribution < -0.4 is 0 Å². The number of ether oxygens (including phenoxy) is 2. The van der Waals surface area contributed by atoms with Gasteiger partial charge in [0.25, 0.3) is 0 Å². The molecule has 1 rings (SSSR count). The van der Waals surface area contributed by atoms with Gasteiger partial charge in [-0.15, -0.1) is 0 Å². The Labute approximate surface area is 110 Å². The third-order valence-electron chi connectivity index (χ3n) is 2.69. The molecule has 0 aliphatic rings. The van der Waals surface area contributed by atoms with Crippen molar-refractivity contribution in [2.45, 2.75) is 32.5 Å². The zero-order valence-electron chi connectivity index (χ0n) is 10.4. The van der Waals surface area contributed by atoms with Crippen LogP contribution in [0.2, 0.25) is 0 Å². The maximum atomic E-state index is 13.2. The average molecular weight is 305 g/mol. The topological polar surface area (TPSA) is 18.5 Å². The summed E-state index contributed by atoms with van der Waals surface area (Å²) in [4.78, 5) is 0. The lowest BCUT2D eigenvalue weighted by atomic mass is 10.1. The number of rotatable bonds is 6. The molecule has 0 heterocycles. The maximum absolute atomic E-state index is 13.2. The molecule has 1 aromatic rings. The monoisotopic (exact) mass is 304 g/mol. The zero-order chi connectivity index (χ0) is 12.9. The fourth-order valence-electron chi connectivity index (χ4n) is 1.26. The Balaban J connectivity index is 2.39. The Bertz CT molecular complexity index is 366. The van der Waals surface area contributed by atoms with Crippen LogP contribution in [0.15, 0.2) is 22.7 Å². The van der Waals surface area contributed by atoms with Crippen molar-refractivity contribution in [2.75, 3.05) is 13.7 Å². The smallest absolute Gasteiger partial charge is 0.137 e. The van der Waals surface area contributed by atoms with Gasteiger partial charge in [0.2, 0.25) is 0 Å². The fourth-order valence-corrected chi connectivity index (χ4v) is 1.64. The molecule has 0 saturated heterocycles. The Hall–Kier alpha value is -0.450. The van der Waals surface area contributed by atoms with E-state index in [1.165, 1.54) is 6.07 Å². The molecule has 0 saturated carbocycles. The molecule has 1 aromatic carbocycles. The highest BCUT2D eigenvalue weighted by atomic mass is 79.9. The van der Waals surface area contributed by atoms with Crippen molar-refractivity contribution in [3.05, 3.63) is 34.1 Å². The Morgan fingerprint density at radius 2 is 2.06 bits per heavy atom. The lowest BCUT2D eigenvalue weighted by molar-refractivity contribution is -0.0125. The molecule has 0 radical (unpaired) electrons. The van der Waals surface area contributed by atoms with Gasteiger partial charge in [0, 0.05) is 13.7 Å². The Morgan fingerprint density at radius 1 is 1.35 bits per heavy atom. The summed E-state index contributed by atoms with van der Waals surface area (Å²) in [6, 6.07) is 4.94. The molecule has 2 nitrogen and oxygen atoms in total. The van der Waals surface area contributed by atoms with E-state index in [4.69, 9.17) is 9.47 Å². The van der Waals surface area contributed by atoms with Crippen molar-refractivity contribution in [2.24, 2.45) is 0 Å². The summed E-state index contributed by atoms with van der Waals surface area (Å²) in [5.41, 5.74) is 0.638. The third-order valence-corrected chi connectivity index (χ3v) is 3.58. The zero-order valence-corrected chi connectivity index (χ0v) is 12.0. The molecule has 17 heavy (non-hydrogen) atoms. The van der Waals surface area contributed by atoms with E-state index in [0.717, 1.165) is 12.0 Å². The lowest BCUT2D eigenvalue weighted by Gasteiger charge is -2.22. The molecule has 0 N–H and O–H groups in total. The van der Waals surface area contributed by atoms with E-state index in [0.29, 0.717) is 17.7 Å². The van der Waals surface area contributed by atoms with Crippen molar-refractivity contribution in [3.63, 3.8) is 0 Å². The highest BCUT2D eigenvalue weighted by Crippen LogP contribution is 2.21. The molecule has 0 fully saturated rings. The first-order valence-corrected chi connectivity index (χ1v) is 6.31. The Kier molecular flexibility index (Phi) is 5.56. The molecule has 0 aliphatic carbocycles. The number of benzene rings is 1. The van der Waals surface area contributed by atoms with Gasteiger partial charge in [-0.2, -0.15) is 0 Å². The first kappa shape index (κ1) is 14.6. The predicted molar refractivity (Wildman–Crippen MR) is 69.5 cm³/mol. The third kappa shape index (κ3) is 4.74. The molecule has 0 aliphatic heterocycles. The normalized spacial score (nSPS) is 11.8. The van der Waals surface area contributed by atoms with Gasteiger partial charge in [-0.25, -0.2) is 4.39 Å². The standard InChI is InChI=1S/C13H18BrFO2/c1-13(2,16-3)7-8-17-9-10-5-4-6-11(15)12(10)14/h4-6H,7-9H2,1-3H3. The van der Waals surface area contributed by atoms with Crippen LogP contribution >= 0.6 is 15.9 Å². The van der Waals surface area contributed by atoms with E-state index in [9.17, 15) is 4.39 Å². The summed E-state index contributed by atoms with van der Waals surface area (Å²) >= 11 is 3.21. The molecule has 0 unspecified atom stereocenters. The van der Waals surface area contributed by atoms with Crippen LogP contribution in [-0.2, 0) is 16.1 Å². The van der Waals surface area contributed by atoms with Crippen molar-refractivity contribution < 1.29 is 13.9 Å². The summed E-state index contributed by atoms with van der Waals surface area (Å²) in [5, 5.41) is 0. The molecule has 4 heteroatoms. The molecular weight excluding hydrogens is 287 g/mol. The Morgan fingerprint density at radius 3 is 2.71 bits per heavy atom. The summed E-state index contributed by atoms with van der Waals surface area (Å²) in [6.45, 7) is 5.00. The maximum Gasteiger partial charge on any atom is 0.137 e. The van der Waals surface area contributed by atoms with Crippen molar-refractivity contribution in [1.29, 1.82) is 0 Å². The molecule has 96 valence electrons. The quantitative estimate of drug-likeness (QED) is 0.742. The van der Waals surface area contributed by atoms with Gasteiger partial charge in [0.05, 0.1) is 16.7 Å². The largest absolute Gasteiger partial charge is 0.379 e. The van der Waals surface area contributed by atoms with E-state index in [-0.39, 0.29) is 11.4 Å². The number of hydrogen-bond acceptors (Lipinski definition) is 2. The minimum atomic E-state index is -0.261. The van der Waals surface area contributed by atoms with Crippen LogP contribution in [0, 0.1) is 5.82 Å². The summed E-state index contributed by atoms with van der Waals surface area (Å²) < 4.78 is 24.5. The molecule has 0 spiro atoms. The molecule has 0 aromatic heterocycles. The summed E-state index contributed by atoms with van der Waals surface area (Å²) in [5.74, 6) is -0.261. The highest BCUT2D eigenvalue weighted by molar-refractivity contribution is 9.10. The molecule has 0 bridgehead atoms. The van der Waals surface area contributed by atoms with E-state index in [2.05, 4.69) is 15.9 Å². The molecule has 0 amide bonds. The van der Waals surface area contributed by atoms with Crippen LogP contribution in [0.4, 0.5) is 4.39 Å². The second kappa shape index (κ2) is 6.47. The van der Waals surface area contributed by atoms with Crippen LogP contribution in [0.5, 0.6) is 0 Å². The van der Waals surface area contributed by atoms with Gasteiger partial charge in [-0.1, -0.05) is 12.1 Å². The van der Waals surface area contributed by atoms with Crippen molar-refractivity contribution in [3.8, 4) is 0 Å². The number of halogens is 2. The molecular formula is C13H18BrFO2. The van der Waals surface area contributed by atoms with Gasteiger partial charge in [0.15, 0.2) is 0 Å². The van der Waals surface area contributed by atoms with Gasteiger partial charge in [-0.05, 0) is 47.8 Å². The van der Waals surface area contributed by atoms with Crippen LogP contribution in [-0.4, -0.2) is 19.3 Å². The minimum Gasteiger partial charge on any atom is -0.379 e. The fraction of sp³-hybridized carbons (Fsp3) is 0.538. The van der Waals surface area contributed by atoms with Crippen LogP contribution in [0.25, 0.3) is 0 Å². The highest BCUT2D eigenvalue weighted by Gasteiger charge is 2.15. The van der Waals surface area contributed by atoms with Crippen LogP contribution in [0.1, 0.15) is 25.8 Å². The number of hydrogen-bond donors (Lipinski definition) is 0. The van der Waals surface area contributed by atoms with Gasteiger partial charge >= 0.3 is 0 Å². The van der Waals surface area contributed by atoms with Crippen molar-refractivity contribution in [1.82, 2.24) is 0 Å². The van der Waals surface area contributed by atoms with Gasteiger partial charge in [-0.3, -0.25) is 0 Å². The van der Waals surface area contributed by atoms with E-state index >= 15 is 0 Å². The minimum absolute atomic E-state index is 0.181. The average Bonchev–Trinajstić information content (AvgIpc) is 2.30. The van der Waals surface area contributed by atoms with Crippen LogP contribution in [0.3, 0.4) is 0 Å². The van der Waals surface area contributed by atoms with E-state index in [1.807, 2.05) is 19.9 Å². The SMILES string of the molecule is COC(C)(C)CCOCc1cccc(F)c1Br. The van der Waals surface area contributed by atoms with Crippen molar-refractivity contribution >= 4 is 15.9 Å².